The zero-order valence-corrected chi connectivity index (χ0v) is 12.1. The molecule has 1 aromatic carbocycles. The smallest absolute Gasteiger partial charge is 0.236 e. The van der Waals surface area contributed by atoms with Gasteiger partial charge >= 0.3 is 0 Å². The summed E-state index contributed by atoms with van der Waals surface area (Å²) in [6.07, 6.45) is 0.541. The molecule has 0 fully saturated rings. The van der Waals surface area contributed by atoms with E-state index < -0.39 is 0 Å². The Morgan fingerprint density at radius 2 is 2.30 bits per heavy atom. The number of hydrogen-bond acceptors (Lipinski definition) is 4. The van der Waals surface area contributed by atoms with Crippen LogP contribution in [0.1, 0.15) is 18.9 Å². The summed E-state index contributed by atoms with van der Waals surface area (Å²) in [6.45, 7) is 1.87. The molecule has 0 aliphatic rings. The zero-order valence-electron chi connectivity index (χ0n) is 11.3. The Morgan fingerprint density at radius 1 is 1.50 bits per heavy atom. The van der Waals surface area contributed by atoms with E-state index in [1.54, 1.807) is 13.2 Å². The predicted octanol–water partition coefficient (Wildman–Crippen LogP) is 2.92. The highest BCUT2D eigenvalue weighted by molar-refractivity contribution is 7.17. The number of halogens is 1. The third-order valence-electron chi connectivity index (χ3n) is 2.75. The van der Waals surface area contributed by atoms with Gasteiger partial charge in [-0.05, 0) is 6.07 Å². The van der Waals surface area contributed by atoms with E-state index in [0.29, 0.717) is 23.4 Å². The minimum atomic E-state index is -0.246. The largest absolute Gasteiger partial charge is 0.384 e. The minimum absolute atomic E-state index is 0.245. The monoisotopic (exact) mass is 294 g/mol. The molecule has 6 heteroatoms. The Hall–Kier alpha value is -1.79. The van der Waals surface area contributed by atoms with Crippen LogP contribution in [-0.2, 0) is 9.53 Å². The van der Waals surface area contributed by atoms with Crippen LogP contribution < -0.4 is 5.43 Å². The van der Waals surface area contributed by atoms with Crippen molar-refractivity contribution in [2.24, 2.45) is 5.10 Å². The lowest BCUT2D eigenvalue weighted by atomic mass is 10.1. The summed E-state index contributed by atoms with van der Waals surface area (Å²) in [5, 5.41) is 6.76. The van der Waals surface area contributed by atoms with Gasteiger partial charge in [-0.25, -0.2) is 9.82 Å². The van der Waals surface area contributed by atoms with Crippen molar-refractivity contribution in [2.45, 2.75) is 13.3 Å². The molecule has 0 unspecified atom stereocenters. The molecule has 0 saturated carbocycles. The number of ether oxygens (including phenoxy) is 1. The van der Waals surface area contributed by atoms with Gasteiger partial charge < -0.3 is 4.74 Å². The van der Waals surface area contributed by atoms with Gasteiger partial charge in [0.15, 0.2) is 0 Å². The molecular formula is C14H15FN2O2S. The fourth-order valence-electron chi connectivity index (χ4n) is 1.84. The molecule has 2 aromatic rings. The number of thiophene rings is 1. The molecule has 20 heavy (non-hydrogen) atoms. The number of nitrogens with one attached hydrogen (secondary N) is 1. The summed E-state index contributed by atoms with van der Waals surface area (Å²) in [5.41, 5.74) is 3.93. The van der Waals surface area contributed by atoms with Gasteiger partial charge in [0.2, 0.25) is 5.91 Å². The van der Waals surface area contributed by atoms with Gasteiger partial charge in [0, 0.05) is 36.8 Å². The first kappa shape index (κ1) is 14.6. The number of fused-ring (bicyclic) bond motifs is 1. The fourth-order valence-corrected chi connectivity index (χ4v) is 2.83. The molecule has 1 aromatic heterocycles. The highest BCUT2D eigenvalue weighted by atomic mass is 32.1. The number of hydrogen-bond donors (Lipinski definition) is 1. The van der Waals surface area contributed by atoms with Crippen LogP contribution in [0.15, 0.2) is 28.7 Å². The van der Waals surface area contributed by atoms with Gasteiger partial charge in [-0.3, -0.25) is 4.79 Å². The van der Waals surface area contributed by atoms with E-state index in [0.717, 1.165) is 10.9 Å². The number of hydrazone groups is 1. The molecule has 0 saturated heterocycles. The van der Waals surface area contributed by atoms with Crippen molar-refractivity contribution >= 4 is 33.0 Å². The van der Waals surface area contributed by atoms with E-state index in [2.05, 4.69) is 10.5 Å². The number of carbonyl (C=O) groups is 1. The molecule has 1 heterocycles. The van der Waals surface area contributed by atoms with E-state index in [4.69, 9.17) is 4.74 Å². The fraction of sp³-hybridized carbons (Fsp3) is 0.286. The molecule has 4 nitrogen and oxygen atoms in total. The number of methoxy groups -OCH3 is 1. The molecule has 0 aliphatic heterocycles. The molecule has 1 N–H and O–H groups in total. The van der Waals surface area contributed by atoms with Crippen LogP contribution in [-0.4, -0.2) is 25.3 Å². The van der Waals surface area contributed by atoms with Gasteiger partial charge in [0.25, 0.3) is 0 Å². The van der Waals surface area contributed by atoms with Crippen LogP contribution in [0.3, 0.4) is 0 Å². The lowest BCUT2D eigenvalue weighted by Gasteiger charge is -2.05. The summed E-state index contributed by atoms with van der Waals surface area (Å²) in [4.78, 5) is 11.0. The third-order valence-corrected chi connectivity index (χ3v) is 3.76. The van der Waals surface area contributed by atoms with E-state index >= 15 is 0 Å². The van der Waals surface area contributed by atoms with Crippen molar-refractivity contribution in [3.05, 3.63) is 35.0 Å². The van der Waals surface area contributed by atoms with Crippen molar-refractivity contribution in [1.82, 2.24) is 5.43 Å². The molecule has 2 rings (SSSR count). The Balaban J connectivity index is 2.42. The Kier molecular flexibility index (Phi) is 4.81. The van der Waals surface area contributed by atoms with Crippen LogP contribution in [0.4, 0.5) is 4.39 Å². The van der Waals surface area contributed by atoms with Crippen molar-refractivity contribution in [2.75, 3.05) is 13.7 Å². The highest BCUT2D eigenvalue weighted by Gasteiger charge is 2.13. The molecule has 0 radical (unpaired) electrons. The topological polar surface area (TPSA) is 50.7 Å². The van der Waals surface area contributed by atoms with Crippen molar-refractivity contribution < 1.29 is 13.9 Å². The third kappa shape index (κ3) is 3.20. The maximum Gasteiger partial charge on any atom is 0.236 e. The van der Waals surface area contributed by atoms with Gasteiger partial charge in [-0.2, -0.15) is 5.10 Å². The summed E-state index contributed by atoms with van der Waals surface area (Å²) in [7, 11) is 1.60. The van der Waals surface area contributed by atoms with Gasteiger partial charge in [0.1, 0.15) is 5.82 Å². The average molecular weight is 294 g/mol. The van der Waals surface area contributed by atoms with Crippen LogP contribution >= 0.6 is 11.3 Å². The minimum Gasteiger partial charge on any atom is -0.384 e. The van der Waals surface area contributed by atoms with Gasteiger partial charge in [-0.15, -0.1) is 11.3 Å². The average Bonchev–Trinajstić information content (AvgIpc) is 2.84. The molecule has 0 bridgehead atoms. The van der Waals surface area contributed by atoms with Gasteiger partial charge in [0.05, 0.1) is 17.0 Å². The van der Waals surface area contributed by atoms with Crippen LogP contribution in [0.5, 0.6) is 0 Å². The second-order valence-corrected chi connectivity index (χ2v) is 5.11. The number of benzene rings is 1. The lowest BCUT2D eigenvalue weighted by molar-refractivity contribution is -0.118. The molecule has 0 aliphatic carbocycles. The zero-order chi connectivity index (χ0) is 14.5. The molecule has 0 atom stereocenters. The molecule has 0 spiro atoms. The van der Waals surface area contributed by atoms with E-state index in [1.807, 2.05) is 11.4 Å². The second-order valence-electron chi connectivity index (χ2n) is 4.24. The Morgan fingerprint density at radius 3 is 3.00 bits per heavy atom. The Bertz CT molecular complexity index is 652. The SMILES string of the molecule is COCCC(=NNC(C)=O)c1csc2c(F)cccc12. The number of nitrogens with zero attached hydrogens (tertiary/aromatic N) is 1. The van der Waals surface area contributed by atoms with E-state index in [-0.39, 0.29) is 11.7 Å². The Labute approximate surface area is 120 Å². The van der Waals surface area contributed by atoms with Crippen molar-refractivity contribution in [3.8, 4) is 0 Å². The van der Waals surface area contributed by atoms with Crippen molar-refractivity contribution in [1.29, 1.82) is 0 Å². The summed E-state index contributed by atoms with van der Waals surface area (Å²) >= 11 is 1.33. The summed E-state index contributed by atoms with van der Waals surface area (Å²) in [6, 6.07) is 4.95. The van der Waals surface area contributed by atoms with E-state index in [1.165, 1.54) is 24.3 Å². The quantitative estimate of drug-likeness (QED) is 0.681. The second kappa shape index (κ2) is 6.58. The van der Waals surface area contributed by atoms with Crippen LogP contribution in [0.25, 0.3) is 10.1 Å². The molecule has 106 valence electrons. The van der Waals surface area contributed by atoms with Crippen LogP contribution in [0, 0.1) is 5.82 Å². The number of amides is 1. The molecule has 1 amide bonds. The first-order chi connectivity index (χ1) is 9.63. The number of carbonyl (C=O) groups excluding carboxylic acids is 1. The highest BCUT2D eigenvalue weighted by Crippen LogP contribution is 2.29. The predicted molar refractivity (Wildman–Crippen MR) is 78.6 cm³/mol. The number of rotatable bonds is 5. The van der Waals surface area contributed by atoms with Crippen LogP contribution in [0.2, 0.25) is 0 Å². The first-order valence-corrected chi connectivity index (χ1v) is 6.99. The van der Waals surface area contributed by atoms with Crippen molar-refractivity contribution in [3.63, 3.8) is 0 Å². The standard InChI is InChI=1S/C14H15FN2O2S/c1-9(18)16-17-13(6-7-19-2)11-8-20-14-10(11)4-3-5-12(14)15/h3-5,8H,6-7H2,1-2H3,(H,16,18). The van der Waals surface area contributed by atoms with E-state index in [9.17, 15) is 9.18 Å². The summed E-state index contributed by atoms with van der Waals surface area (Å²) < 4.78 is 19.3. The maximum atomic E-state index is 13.7. The van der Waals surface area contributed by atoms with Gasteiger partial charge in [-0.1, -0.05) is 12.1 Å². The lowest BCUT2D eigenvalue weighted by Crippen LogP contribution is -2.17. The first-order valence-electron chi connectivity index (χ1n) is 6.11. The molecular weight excluding hydrogens is 279 g/mol. The normalized spacial score (nSPS) is 11.8. The maximum absolute atomic E-state index is 13.7. The summed E-state index contributed by atoms with van der Waals surface area (Å²) in [5.74, 6) is -0.491.